The molecular formula is C24H29N3O5. The summed E-state index contributed by atoms with van der Waals surface area (Å²) < 4.78 is 5.58. The number of fused-ring (bicyclic) bond motifs is 3. The molecule has 0 spiro atoms. The van der Waals surface area contributed by atoms with Crippen LogP contribution in [0.15, 0.2) is 24.3 Å². The van der Waals surface area contributed by atoms with Gasteiger partial charge in [0.15, 0.2) is 6.61 Å². The lowest BCUT2D eigenvalue weighted by molar-refractivity contribution is -0.162. The van der Waals surface area contributed by atoms with E-state index in [1.54, 1.807) is 34.1 Å². The van der Waals surface area contributed by atoms with Gasteiger partial charge in [0.2, 0.25) is 11.6 Å². The molecule has 0 radical (unpaired) electrons. The van der Waals surface area contributed by atoms with Gasteiger partial charge >= 0.3 is 5.97 Å². The molecule has 32 heavy (non-hydrogen) atoms. The average molecular weight is 440 g/mol. The van der Waals surface area contributed by atoms with Crippen molar-refractivity contribution in [3.8, 4) is 0 Å². The van der Waals surface area contributed by atoms with Gasteiger partial charge in [-0.3, -0.25) is 19.3 Å². The van der Waals surface area contributed by atoms with Gasteiger partial charge in [-0.15, -0.1) is 0 Å². The first kappa shape index (κ1) is 21.0. The lowest BCUT2D eigenvalue weighted by Crippen LogP contribution is -2.69. The van der Waals surface area contributed by atoms with Crippen molar-refractivity contribution in [3.05, 3.63) is 29.8 Å². The highest BCUT2D eigenvalue weighted by Crippen LogP contribution is 2.49. The topological polar surface area (TPSA) is 87.2 Å². The van der Waals surface area contributed by atoms with Crippen LogP contribution >= 0.6 is 0 Å². The van der Waals surface area contributed by atoms with Crippen LogP contribution in [0.3, 0.4) is 0 Å². The molecule has 8 heteroatoms. The van der Waals surface area contributed by atoms with Crippen LogP contribution in [0.5, 0.6) is 0 Å². The molecule has 0 N–H and O–H groups in total. The van der Waals surface area contributed by atoms with Crippen LogP contribution in [0.25, 0.3) is 0 Å². The fraction of sp³-hybridized carbons (Fsp3) is 0.583. The van der Waals surface area contributed by atoms with Gasteiger partial charge in [0, 0.05) is 32.0 Å². The molecule has 1 saturated heterocycles. The van der Waals surface area contributed by atoms with Crippen LogP contribution in [0.2, 0.25) is 0 Å². The van der Waals surface area contributed by atoms with E-state index in [1.807, 2.05) is 6.92 Å². The molecule has 2 heterocycles. The minimum Gasteiger partial charge on any atom is -0.452 e. The summed E-state index contributed by atoms with van der Waals surface area (Å²) in [5, 5.41) is 0. The summed E-state index contributed by atoms with van der Waals surface area (Å²) in [6, 6.07) is 6.81. The van der Waals surface area contributed by atoms with Gasteiger partial charge in [0.1, 0.15) is 0 Å². The monoisotopic (exact) mass is 439 g/mol. The van der Waals surface area contributed by atoms with E-state index >= 15 is 0 Å². The van der Waals surface area contributed by atoms with Crippen molar-refractivity contribution < 1.29 is 23.9 Å². The summed E-state index contributed by atoms with van der Waals surface area (Å²) in [4.78, 5) is 57.5. The van der Waals surface area contributed by atoms with Crippen molar-refractivity contribution >= 4 is 29.4 Å². The first-order valence-electron chi connectivity index (χ1n) is 11.7. The minimum atomic E-state index is -1.50. The lowest BCUT2D eigenvalue weighted by atomic mass is 9.96. The summed E-state index contributed by atoms with van der Waals surface area (Å²) in [5.74, 6) is -0.825. The second kappa shape index (κ2) is 7.90. The number of esters is 1. The highest BCUT2D eigenvalue weighted by Gasteiger charge is 2.64. The SMILES string of the molecule is CCCN(CC1CC1)C(=O)COC(=O)C12CCC(=O)N1c1ccccc1C(=O)N2C1CC1. The summed E-state index contributed by atoms with van der Waals surface area (Å²) in [5.41, 5.74) is -0.634. The van der Waals surface area contributed by atoms with Crippen LogP contribution in [-0.2, 0) is 19.1 Å². The fourth-order valence-electron chi connectivity index (χ4n) is 5.05. The maximum atomic E-state index is 13.6. The molecule has 4 aliphatic rings. The van der Waals surface area contributed by atoms with Crippen LogP contribution in [0.4, 0.5) is 5.69 Å². The summed E-state index contributed by atoms with van der Waals surface area (Å²) in [6.45, 7) is 2.96. The third kappa shape index (κ3) is 3.36. The highest BCUT2D eigenvalue weighted by atomic mass is 16.5. The van der Waals surface area contributed by atoms with Crippen LogP contribution < -0.4 is 4.90 Å². The van der Waals surface area contributed by atoms with Crippen molar-refractivity contribution in [3.63, 3.8) is 0 Å². The van der Waals surface area contributed by atoms with E-state index in [0.717, 1.165) is 32.1 Å². The number of carbonyl (C=O) groups is 4. The molecule has 1 unspecified atom stereocenters. The maximum Gasteiger partial charge on any atom is 0.354 e. The van der Waals surface area contributed by atoms with E-state index in [0.29, 0.717) is 30.3 Å². The number of anilines is 1. The number of amides is 3. The standard InChI is InChI=1S/C24H29N3O5/c1-2-13-25(14-16-7-8-16)21(29)15-32-23(31)24-12-11-20(28)27(24)19-6-4-3-5-18(19)22(30)26(24)17-9-10-17/h3-6,16-17H,2,7-15H2,1H3. The number of para-hydroxylation sites is 1. The van der Waals surface area contributed by atoms with Gasteiger partial charge in [0.05, 0.1) is 11.3 Å². The zero-order chi connectivity index (χ0) is 22.5. The normalized spacial score (nSPS) is 24.3. The quantitative estimate of drug-likeness (QED) is 0.580. The zero-order valence-corrected chi connectivity index (χ0v) is 18.4. The molecule has 2 saturated carbocycles. The summed E-state index contributed by atoms with van der Waals surface area (Å²) in [7, 11) is 0. The van der Waals surface area contributed by atoms with E-state index in [2.05, 4.69) is 0 Å². The number of nitrogens with zero attached hydrogens (tertiary/aromatic N) is 3. The van der Waals surface area contributed by atoms with Crippen molar-refractivity contribution in [2.45, 2.75) is 63.6 Å². The van der Waals surface area contributed by atoms with E-state index in [9.17, 15) is 19.2 Å². The smallest absolute Gasteiger partial charge is 0.354 e. The average Bonchev–Trinajstić information content (AvgIpc) is 3.72. The minimum absolute atomic E-state index is 0.0982. The van der Waals surface area contributed by atoms with Crippen LogP contribution in [-0.4, -0.2) is 64.9 Å². The Kier molecular flexibility index (Phi) is 5.18. The number of benzene rings is 1. The van der Waals surface area contributed by atoms with E-state index in [4.69, 9.17) is 4.74 Å². The molecule has 0 bridgehead atoms. The molecule has 0 aromatic heterocycles. The Balaban J connectivity index is 1.42. The lowest BCUT2D eigenvalue weighted by Gasteiger charge is -2.48. The van der Waals surface area contributed by atoms with Gasteiger partial charge in [-0.05, 0) is 50.2 Å². The number of hydrogen-bond donors (Lipinski definition) is 0. The van der Waals surface area contributed by atoms with E-state index in [1.165, 1.54) is 4.90 Å². The number of carbonyl (C=O) groups excluding carboxylic acids is 4. The van der Waals surface area contributed by atoms with Gasteiger partial charge in [-0.25, -0.2) is 4.79 Å². The third-order valence-corrected chi connectivity index (χ3v) is 6.89. The third-order valence-electron chi connectivity index (χ3n) is 6.89. The molecule has 5 rings (SSSR count). The predicted molar refractivity (Wildman–Crippen MR) is 116 cm³/mol. The molecule has 1 aromatic rings. The van der Waals surface area contributed by atoms with Crippen molar-refractivity contribution in [2.75, 3.05) is 24.6 Å². The first-order chi connectivity index (χ1) is 15.5. The number of ether oxygens (including phenoxy) is 1. The fourth-order valence-corrected chi connectivity index (χ4v) is 5.05. The summed E-state index contributed by atoms with van der Waals surface area (Å²) in [6.07, 6.45) is 4.99. The van der Waals surface area contributed by atoms with Crippen LogP contribution in [0.1, 0.15) is 62.2 Å². The molecule has 3 amide bonds. The number of rotatable bonds is 8. The van der Waals surface area contributed by atoms with Crippen molar-refractivity contribution in [1.82, 2.24) is 9.80 Å². The van der Waals surface area contributed by atoms with Gasteiger partial charge < -0.3 is 14.5 Å². The molecule has 2 aliphatic carbocycles. The first-order valence-corrected chi connectivity index (χ1v) is 11.7. The molecule has 1 atom stereocenters. The molecular weight excluding hydrogens is 410 g/mol. The Morgan fingerprint density at radius 1 is 1.16 bits per heavy atom. The van der Waals surface area contributed by atoms with Crippen molar-refractivity contribution in [1.29, 1.82) is 0 Å². The Labute approximate surface area is 187 Å². The van der Waals surface area contributed by atoms with E-state index < -0.39 is 11.6 Å². The second-order valence-corrected chi connectivity index (χ2v) is 9.33. The van der Waals surface area contributed by atoms with Gasteiger partial charge in [-0.2, -0.15) is 0 Å². The maximum absolute atomic E-state index is 13.6. The molecule has 170 valence electrons. The van der Waals surface area contributed by atoms with Gasteiger partial charge in [-0.1, -0.05) is 19.1 Å². The second-order valence-electron chi connectivity index (χ2n) is 9.33. The Morgan fingerprint density at radius 3 is 2.59 bits per heavy atom. The zero-order valence-electron chi connectivity index (χ0n) is 18.4. The van der Waals surface area contributed by atoms with Crippen molar-refractivity contribution in [2.24, 2.45) is 5.92 Å². The Hall–Kier alpha value is -2.90. The number of hydrogen-bond acceptors (Lipinski definition) is 5. The predicted octanol–water partition coefficient (Wildman–Crippen LogP) is 2.32. The summed E-state index contributed by atoms with van der Waals surface area (Å²) >= 11 is 0. The highest BCUT2D eigenvalue weighted by molar-refractivity contribution is 6.15. The molecule has 8 nitrogen and oxygen atoms in total. The van der Waals surface area contributed by atoms with Gasteiger partial charge in [0.25, 0.3) is 11.8 Å². The molecule has 1 aromatic carbocycles. The molecule has 3 fully saturated rings. The Bertz CT molecular complexity index is 970. The Morgan fingerprint density at radius 2 is 1.91 bits per heavy atom. The largest absolute Gasteiger partial charge is 0.452 e. The van der Waals surface area contributed by atoms with Crippen LogP contribution in [0, 0.1) is 5.92 Å². The molecule has 2 aliphatic heterocycles. The van der Waals surface area contributed by atoms with E-state index in [-0.39, 0.29) is 43.2 Å².